The van der Waals surface area contributed by atoms with Crippen LogP contribution in [0.2, 0.25) is 0 Å². The largest absolute Gasteiger partial charge is 0.318 e. The first kappa shape index (κ1) is 11.3. The topological polar surface area (TPSA) is 58.4 Å². The molecule has 0 spiro atoms. The van der Waals surface area contributed by atoms with Gasteiger partial charge in [0, 0.05) is 24.6 Å². The minimum Gasteiger partial charge on any atom is -0.318 e. The summed E-state index contributed by atoms with van der Waals surface area (Å²) < 4.78 is 0. The third kappa shape index (κ3) is 6.06. The number of hydrogen-bond acceptors (Lipinski definition) is 4. The second-order valence-corrected chi connectivity index (χ2v) is 2.70. The maximum Gasteiger partial charge on any atom is 0.259 e. The fraction of sp³-hybridized carbons (Fsp3) is 1.00. The van der Waals surface area contributed by atoms with Gasteiger partial charge in [-0.05, 0) is 13.5 Å². The molecule has 0 unspecified atom stereocenters. The van der Waals surface area contributed by atoms with Crippen LogP contribution < -0.4 is 5.32 Å². The molecule has 0 aliphatic carbocycles. The molecule has 0 amide bonds. The molecule has 0 aliphatic heterocycles. The van der Waals surface area contributed by atoms with Gasteiger partial charge in [0.1, 0.15) is 0 Å². The van der Waals surface area contributed by atoms with E-state index in [2.05, 4.69) is 5.32 Å². The molecule has 0 saturated heterocycles. The first-order valence-corrected chi connectivity index (χ1v) is 4.19. The first-order valence-electron chi connectivity index (χ1n) is 4.19. The summed E-state index contributed by atoms with van der Waals surface area (Å²) in [7, 11) is 1.84. The maximum atomic E-state index is 10.2. The van der Waals surface area contributed by atoms with Gasteiger partial charge in [-0.2, -0.15) is 0 Å². The molecule has 0 aromatic rings. The summed E-state index contributed by atoms with van der Waals surface area (Å²) in [5.41, 5.74) is 0. The zero-order valence-electron chi connectivity index (χ0n) is 7.75. The van der Waals surface area contributed by atoms with Crippen LogP contribution >= 0.6 is 0 Å². The lowest BCUT2D eigenvalue weighted by atomic mass is 10.4. The van der Waals surface area contributed by atoms with Crippen LogP contribution in [0.3, 0.4) is 0 Å². The van der Waals surface area contributed by atoms with Crippen LogP contribution in [0.4, 0.5) is 0 Å². The van der Waals surface area contributed by atoms with E-state index in [0.29, 0.717) is 0 Å². The minimum absolute atomic E-state index is 0.0461. The smallest absolute Gasteiger partial charge is 0.259 e. The van der Waals surface area contributed by atoms with Gasteiger partial charge in [0.15, 0.2) is 0 Å². The Kier molecular flexibility index (Phi) is 6.60. The van der Waals surface area contributed by atoms with Crippen molar-refractivity contribution in [3.8, 4) is 0 Å². The van der Waals surface area contributed by atoms with Gasteiger partial charge in [0.2, 0.25) is 0 Å². The van der Waals surface area contributed by atoms with Crippen LogP contribution in [0.25, 0.3) is 0 Å². The molecule has 0 fully saturated rings. The molecule has 0 radical (unpaired) electrons. The highest BCUT2D eigenvalue weighted by Gasteiger charge is 2.08. The van der Waals surface area contributed by atoms with E-state index in [0.717, 1.165) is 26.1 Å². The fourth-order valence-electron chi connectivity index (χ4n) is 1.00. The number of hydrogen-bond donors (Lipinski definition) is 1. The molecule has 1 N–H and O–H groups in total. The standard InChI is InChI=1S/C7H17N3O2/c1-3-5-9(6-4-8-2)7-10(11)12/h8H,3-7H2,1-2H3. The summed E-state index contributed by atoms with van der Waals surface area (Å²) in [4.78, 5) is 11.7. The van der Waals surface area contributed by atoms with Crippen LogP contribution in [-0.2, 0) is 0 Å². The van der Waals surface area contributed by atoms with E-state index in [1.54, 1.807) is 0 Å². The predicted octanol–water partition coefficient (Wildman–Crippen LogP) is 0.152. The Morgan fingerprint density at radius 2 is 2.17 bits per heavy atom. The second kappa shape index (κ2) is 7.00. The van der Waals surface area contributed by atoms with Gasteiger partial charge in [-0.15, -0.1) is 0 Å². The van der Waals surface area contributed by atoms with Crippen LogP contribution in [0, 0.1) is 10.1 Å². The molecule has 5 nitrogen and oxygen atoms in total. The van der Waals surface area contributed by atoms with Crippen molar-refractivity contribution in [1.82, 2.24) is 10.2 Å². The Hall–Kier alpha value is -0.680. The highest BCUT2D eigenvalue weighted by Crippen LogP contribution is 1.89. The van der Waals surface area contributed by atoms with Crippen LogP contribution in [0.5, 0.6) is 0 Å². The normalized spacial score (nSPS) is 10.6. The lowest BCUT2D eigenvalue weighted by Crippen LogP contribution is -2.35. The molecule has 5 heteroatoms. The van der Waals surface area contributed by atoms with Gasteiger partial charge in [-0.1, -0.05) is 6.92 Å². The average Bonchev–Trinajstić information content (AvgIpc) is 2.00. The van der Waals surface area contributed by atoms with E-state index >= 15 is 0 Å². The quantitative estimate of drug-likeness (QED) is 0.340. The van der Waals surface area contributed by atoms with Gasteiger partial charge in [0.25, 0.3) is 6.67 Å². The van der Waals surface area contributed by atoms with Crippen molar-refractivity contribution in [2.24, 2.45) is 0 Å². The van der Waals surface area contributed by atoms with E-state index in [1.807, 2.05) is 18.9 Å². The summed E-state index contributed by atoms with van der Waals surface area (Å²) in [6.07, 6.45) is 0.956. The van der Waals surface area contributed by atoms with Crippen molar-refractivity contribution in [2.75, 3.05) is 33.4 Å². The highest BCUT2D eigenvalue weighted by atomic mass is 16.6. The van der Waals surface area contributed by atoms with E-state index in [1.165, 1.54) is 0 Å². The lowest BCUT2D eigenvalue weighted by molar-refractivity contribution is -0.504. The van der Waals surface area contributed by atoms with Crippen molar-refractivity contribution in [1.29, 1.82) is 0 Å². The molecule has 72 valence electrons. The zero-order valence-corrected chi connectivity index (χ0v) is 7.75. The number of likely N-dealkylation sites (N-methyl/N-ethyl adjacent to an activating group) is 1. The zero-order chi connectivity index (χ0) is 9.40. The second-order valence-electron chi connectivity index (χ2n) is 2.70. The van der Waals surface area contributed by atoms with E-state index in [-0.39, 0.29) is 11.6 Å². The van der Waals surface area contributed by atoms with Gasteiger partial charge in [-0.3, -0.25) is 10.1 Å². The molecule has 0 rings (SSSR count). The molecule has 0 heterocycles. The number of nitrogens with zero attached hydrogens (tertiary/aromatic N) is 2. The van der Waals surface area contributed by atoms with Crippen LogP contribution in [-0.4, -0.2) is 43.2 Å². The van der Waals surface area contributed by atoms with E-state index < -0.39 is 0 Å². The highest BCUT2D eigenvalue weighted by molar-refractivity contribution is 4.52. The molecule has 0 saturated carbocycles. The van der Waals surface area contributed by atoms with Gasteiger partial charge in [-0.25, -0.2) is 4.90 Å². The summed E-state index contributed by atoms with van der Waals surface area (Å²) in [6.45, 7) is 4.31. The van der Waals surface area contributed by atoms with Gasteiger partial charge >= 0.3 is 0 Å². The molecule has 0 aliphatic rings. The Morgan fingerprint density at radius 3 is 2.58 bits per heavy atom. The molecule has 0 aromatic heterocycles. The molecule has 0 aromatic carbocycles. The Labute approximate surface area is 72.9 Å². The molecule has 0 bridgehead atoms. The van der Waals surface area contributed by atoms with Crippen LogP contribution in [0.15, 0.2) is 0 Å². The summed E-state index contributed by atoms with van der Waals surface area (Å²) in [5, 5.41) is 13.2. The summed E-state index contributed by atoms with van der Waals surface area (Å²) >= 11 is 0. The average molecular weight is 175 g/mol. The van der Waals surface area contributed by atoms with Crippen LogP contribution in [0.1, 0.15) is 13.3 Å². The SMILES string of the molecule is CCCN(CCNC)C[N+](=O)[O-]. The molecular weight excluding hydrogens is 158 g/mol. The summed E-state index contributed by atoms with van der Waals surface area (Å²) in [6, 6.07) is 0. The van der Waals surface area contributed by atoms with Crippen molar-refractivity contribution < 1.29 is 4.92 Å². The number of rotatable bonds is 7. The summed E-state index contributed by atoms with van der Waals surface area (Å²) in [5.74, 6) is 0. The predicted molar refractivity (Wildman–Crippen MR) is 47.7 cm³/mol. The Balaban J connectivity index is 3.61. The first-order chi connectivity index (χ1) is 5.70. The maximum absolute atomic E-state index is 10.2. The Bertz CT molecular complexity index is 130. The van der Waals surface area contributed by atoms with Crippen molar-refractivity contribution in [3.05, 3.63) is 10.1 Å². The third-order valence-electron chi connectivity index (χ3n) is 1.53. The fourth-order valence-corrected chi connectivity index (χ4v) is 1.00. The van der Waals surface area contributed by atoms with E-state index in [4.69, 9.17) is 0 Å². The molecule has 12 heavy (non-hydrogen) atoms. The van der Waals surface area contributed by atoms with Gasteiger partial charge < -0.3 is 5.32 Å². The lowest BCUT2D eigenvalue weighted by Gasteiger charge is -2.15. The van der Waals surface area contributed by atoms with Crippen molar-refractivity contribution in [2.45, 2.75) is 13.3 Å². The molecular formula is C7H17N3O2. The van der Waals surface area contributed by atoms with E-state index in [9.17, 15) is 10.1 Å². The Morgan fingerprint density at radius 1 is 1.50 bits per heavy atom. The third-order valence-corrected chi connectivity index (χ3v) is 1.53. The van der Waals surface area contributed by atoms with Crippen molar-refractivity contribution >= 4 is 0 Å². The minimum atomic E-state index is -0.286. The molecule has 0 atom stereocenters. The number of nitrogens with one attached hydrogen (secondary N) is 1. The van der Waals surface area contributed by atoms with Crippen molar-refractivity contribution in [3.63, 3.8) is 0 Å². The van der Waals surface area contributed by atoms with Gasteiger partial charge in [0.05, 0.1) is 0 Å². The number of nitro groups is 1. The monoisotopic (exact) mass is 175 g/mol.